The van der Waals surface area contributed by atoms with Crippen LogP contribution in [0.3, 0.4) is 0 Å². The Kier molecular flexibility index (Phi) is 3.80. The second kappa shape index (κ2) is 4.54. The summed E-state index contributed by atoms with van der Waals surface area (Å²) in [4.78, 5) is 14.0. The normalized spacial score (nSPS) is 17.7. The van der Waals surface area contributed by atoms with Gasteiger partial charge in [0.25, 0.3) is 0 Å². The summed E-state index contributed by atoms with van der Waals surface area (Å²) in [6.07, 6.45) is 4.50. The van der Waals surface area contributed by atoms with Crippen LogP contribution in [0.25, 0.3) is 0 Å². The quantitative estimate of drug-likeness (QED) is 0.700. The number of hydrogen-bond donors (Lipinski definition) is 0. The van der Waals surface area contributed by atoms with Crippen molar-refractivity contribution in [3.8, 4) is 0 Å². The van der Waals surface area contributed by atoms with Crippen LogP contribution in [0.15, 0.2) is 0 Å². The lowest BCUT2D eigenvalue weighted by atomic mass is 9.82. The third-order valence-corrected chi connectivity index (χ3v) is 3.60. The average Bonchev–Trinajstić information content (AvgIpc) is 1.96. The SMILES string of the molecule is CC(C)CC(C)(C)N(C)C(=O)C1CCC1. The average molecular weight is 211 g/mol. The Morgan fingerprint density at radius 1 is 1.40 bits per heavy atom. The molecule has 0 unspecified atom stereocenters. The number of rotatable bonds is 4. The highest BCUT2D eigenvalue weighted by Gasteiger charge is 2.34. The van der Waals surface area contributed by atoms with Gasteiger partial charge < -0.3 is 4.90 Å². The molecule has 0 heterocycles. The molecule has 0 saturated heterocycles. The van der Waals surface area contributed by atoms with E-state index in [4.69, 9.17) is 0 Å². The molecule has 1 aliphatic carbocycles. The van der Waals surface area contributed by atoms with Gasteiger partial charge in [-0.25, -0.2) is 0 Å². The van der Waals surface area contributed by atoms with Gasteiger partial charge in [-0.15, -0.1) is 0 Å². The Morgan fingerprint density at radius 3 is 2.27 bits per heavy atom. The molecule has 0 spiro atoms. The topological polar surface area (TPSA) is 20.3 Å². The van der Waals surface area contributed by atoms with Crippen molar-refractivity contribution in [1.82, 2.24) is 4.90 Å². The van der Waals surface area contributed by atoms with Gasteiger partial charge in [-0.05, 0) is 39.0 Å². The molecule has 1 aliphatic rings. The van der Waals surface area contributed by atoms with Gasteiger partial charge >= 0.3 is 0 Å². The van der Waals surface area contributed by atoms with Crippen molar-refractivity contribution in [1.29, 1.82) is 0 Å². The number of carbonyl (C=O) groups is 1. The van der Waals surface area contributed by atoms with E-state index in [1.165, 1.54) is 6.42 Å². The Bertz CT molecular complexity index is 229. The molecular weight excluding hydrogens is 186 g/mol. The van der Waals surface area contributed by atoms with Crippen molar-refractivity contribution in [3.05, 3.63) is 0 Å². The Hall–Kier alpha value is -0.530. The van der Waals surface area contributed by atoms with Crippen LogP contribution in [0.5, 0.6) is 0 Å². The zero-order valence-electron chi connectivity index (χ0n) is 10.8. The Morgan fingerprint density at radius 2 is 1.93 bits per heavy atom. The molecule has 0 aromatic rings. The predicted molar refractivity (Wildman–Crippen MR) is 63.6 cm³/mol. The van der Waals surface area contributed by atoms with Crippen LogP contribution >= 0.6 is 0 Å². The molecule has 2 nitrogen and oxygen atoms in total. The summed E-state index contributed by atoms with van der Waals surface area (Å²) in [5, 5.41) is 0. The van der Waals surface area contributed by atoms with Crippen LogP contribution in [0.1, 0.15) is 53.4 Å². The summed E-state index contributed by atoms with van der Waals surface area (Å²) in [5.41, 5.74) is 0.000833. The highest BCUT2D eigenvalue weighted by molar-refractivity contribution is 5.80. The lowest BCUT2D eigenvalue weighted by Crippen LogP contribution is -2.49. The summed E-state index contributed by atoms with van der Waals surface area (Å²) in [5.74, 6) is 1.31. The summed E-state index contributed by atoms with van der Waals surface area (Å²) in [7, 11) is 1.96. The molecule has 0 aliphatic heterocycles. The first-order chi connectivity index (χ1) is 6.84. The van der Waals surface area contributed by atoms with Crippen LogP contribution in [0.4, 0.5) is 0 Å². The van der Waals surface area contributed by atoms with Crippen molar-refractivity contribution in [3.63, 3.8) is 0 Å². The minimum atomic E-state index is 0.000833. The summed E-state index contributed by atoms with van der Waals surface area (Å²) in [6.45, 7) is 8.76. The second-order valence-corrected chi connectivity index (χ2v) is 5.94. The second-order valence-electron chi connectivity index (χ2n) is 5.94. The number of amides is 1. The fourth-order valence-corrected chi connectivity index (χ4v) is 2.36. The lowest BCUT2D eigenvalue weighted by molar-refractivity contribution is -0.142. The van der Waals surface area contributed by atoms with Crippen molar-refractivity contribution in [2.75, 3.05) is 7.05 Å². The van der Waals surface area contributed by atoms with Gasteiger partial charge in [0.2, 0.25) is 5.91 Å². The Balaban J connectivity index is 2.56. The van der Waals surface area contributed by atoms with Crippen LogP contribution in [0, 0.1) is 11.8 Å². The van der Waals surface area contributed by atoms with Gasteiger partial charge in [0.05, 0.1) is 0 Å². The first kappa shape index (κ1) is 12.5. The molecule has 1 rings (SSSR count). The van der Waals surface area contributed by atoms with E-state index in [0.717, 1.165) is 19.3 Å². The van der Waals surface area contributed by atoms with Crippen molar-refractivity contribution in [2.24, 2.45) is 11.8 Å². The molecule has 0 atom stereocenters. The smallest absolute Gasteiger partial charge is 0.225 e. The molecule has 0 N–H and O–H groups in total. The van der Waals surface area contributed by atoms with E-state index in [2.05, 4.69) is 27.7 Å². The number of carbonyl (C=O) groups excluding carboxylic acids is 1. The molecule has 88 valence electrons. The van der Waals surface area contributed by atoms with Gasteiger partial charge in [-0.3, -0.25) is 4.79 Å². The number of hydrogen-bond acceptors (Lipinski definition) is 1. The van der Waals surface area contributed by atoms with Gasteiger partial charge in [-0.2, -0.15) is 0 Å². The van der Waals surface area contributed by atoms with E-state index in [1.807, 2.05) is 11.9 Å². The van der Waals surface area contributed by atoms with E-state index in [0.29, 0.717) is 17.7 Å². The van der Waals surface area contributed by atoms with Crippen molar-refractivity contribution < 1.29 is 4.79 Å². The zero-order chi connectivity index (χ0) is 11.6. The molecule has 0 aromatic heterocycles. The molecule has 15 heavy (non-hydrogen) atoms. The summed E-state index contributed by atoms with van der Waals surface area (Å²) >= 11 is 0. The third-order valence-electron chi connectivity index (χ3n) is 3.60. The first-order valence-corrected chi connectivity index (χ1v) is 6.12. The maximum atomic E-state index is 12.1. The van der Waals surface area contributed by atoms with E-state index >= 15 is 0 Å². The van der Waals surface area contributed by atoms with E-state index < -0.39 is 0 Å². The maximum Gasteiger partial charge on any atom is 0.225 e. The van der Waals surface area contributed by atoms with Crippen LogP contribution in [-0.4, -0.2) is 23.4 Å². The zero-order valence-corrected chi connectivity index (χ0v) is 10.8. The third kappa shape index (κ3) is 2.96. The standard InChI is InChI=1S/C13H25NO/c1-10(2)9-13(3,4)14(5)12(15)11-7-6-8-11/h10-11H,6-9H2,1-5H3. The molecule has 0 bridgehead atoms. The van der Waals surface area contributed by atoms with Crippen LogP contribution < -0.4 is 0 Å². The molecule has 0 radical (unpaired) electrons. The van der Waals surface area contributed by atoms with Gasteiger partial charge in [0, 0.05) is 18.5 Å². The fraction of sp³-hybridized carbons (Fsp3) is 0.923. The van der Waals surface area contributed by atoms with Gasteiger partial charge in [-0.1, -0.05) is 20.3 Å². The van der Waals surface area contributed by atoms with Crippen LogP contribution in [-0.2, 0) is 4.79 Å². The number of nitrogens with zero attached hydrogens (tertiary/aromatic N) is 1. The lowest BCUT2D eigenvalue weighted by Gasteiger charge is -2.40. The maximum absolute atomic E-state index is 12.1. The highest BCUT2D eigenvalue weighted by atomic mass is 16.2. The van der Waals surface area contributed by atoms with Gasteiger partial charge in [0.15, 0.2) is 0 Å². The summed E-state index contributed by atoms with van der Waals surface area (Å²) < 4.78 is 0. The summed E-state index contributed by atoms with van der Waals surface area (Å²) in [6, 6.07) is 0. The van der Waals surface area contributed by atoms with E-state index in [1.54, 1.807) is 0 Å². The first-order valence-electron chi connectivity index (χ1n) is 6.12. The predicted octanol–water partition coefficient (Wildman–Crippen LogP) is 3.07. The highest BCUT2D eigenvalue weighted by Crippen LogP contribution is 2.31. The fourth-order valence-electron chi connectivity index (χ4n) is 2.36. The molecular formula is C13H25NO. The molecule has 1 amide bonds. The minimum absolute atomic E-state index is 0.000833. The van der Waals surface area contributed by atoms with Crippen molar-refractivity contribution in [2.45, 2.75) is 58.9 Å². The molecule has 1 saturated carbocycles. The molecule has 2 heteroatoms. The van der Waals surface area contributed by atoms with E-state index in [9.17, 15) is 4.79 Å². The van der Waals surface area contributed by atoms with Gasteiger partial charge in [0.1, 0.15) is 0 Å². The molecule has 1 fully saturated rings. The van der Waals surface area contributed by atoms with E-state index in [-0.39, 0.29) is 5.54 Å². The monoisotopic (exact) mass is 211 g/mol. The van der Waals surface area contributed by atoms with Crippen LogP contribution in [0.2, 0.25) is 0 Å². The molecule has 0 aromatic carbocycles. The van der Waals surface area contributed by atoms with Crippen molar-refractivity contribution >= 4 is 5.91 Å². The largest absolute Gasteiger partial charge is 0.340 e. The Labute approximate surface area is 94.0 Å². The minimum Gasteiger partial charge on any atom is -0.340 e.